The van der Waals surface area contributed by atoms with Crippen molar-refractivity contribution in [2.45, 2.75) is 25.9 Å². The van der Waals surface area contributed by atoms with E-state index in [4.69, 9.17) is 0 Å². The quantitative estimate of drug-likeness (QED) is 0.791. The first-order valence-corrected chi connectivity index (χ1v) is 4.97. The van der Waals surface area contributed by atoms with E-state index in [0.29, 0.717) is 0 Å². The molecule has 0 bridgehead atoms. The Kier molecular flexibility index (Phi) is 2.38. The lowest BCUT2D eigenvalue weighted by Gasteiger charge is -2.09. The number of ketones is 1. The Balaban J connectivity index is 2.17. The van der Waals surface area contributed by atoms with E-state index in [1.807, 2.05) is 25.1 Å². The third-order valence-electron chi connectivity index (χ3n) is 2.61. The molecule has 1 aliphatic carbocycles. The molecule has 0 radical (unpaired) electrons. The van der Waals surface area contributed by atoms with Gasteiger partial charge in [0.15, 0.2) is 5.78 Å². The highest BCUT2D eigenvalue weighted by molar-refractivity contribution is 5.88. The van der Waals surface area contributed by atoms with Gasteiger partial charge < -0.3 is 5.11 Å². The summed E-state index contributed by atoms with van der Waals surface area (Å²) < 4.78 is 0. The summed E-state index contributed by atoms with van der Waals surface area (Å²) >= 11 is 0. The van der Waals surface area contributed by atoms with E-state index in [0.717, 1.165) is 24.0 Å². The van der Waals surface area contributed by atoms with Crippen LogP contribution in [-0.4, -0.2) is 10.9 Å². The molecule has 2 nitrogen and oxygen atoms in total. The van der Waals surface area contributed by atoms with Crippen molar-refractivity contribution < 1.29 is 9.90 Å². The molecule has 1 aromatic rings. The summed E-state index contributed by atoms with van der Waals surface area (Å²) in [7, 11) is 0. The number of carbonyl (C=O) groups is 1. The van der Waals surface area contributed by atoms with Crippen molar-refractivity contribution in [1.82, 2.24) is 0 Å². The van der Waals surface area contributed by atoms with Gasteiger partial charge in [0.25, 0.3) is 0 Å². The normalized spacial score (nSPS) is 17.9. The predicted octanol–water partition coefficient (Wildman–Crippen LogP) is 2.01. The zero-order chi connectivity index (χ0) is 10.1. The number of aliphatic hydroxyl groups is 1. The maximum atomic E-state index is 11.6. The van der Waals surface area contributed by atoms with Crippen molar-refractivity contribution in [3.8, 4) is 0 Å². The fourth-order valence-corrected chi connectivity index (χ4v) is 1.60. The molecule has 1 atom stereocenters. The highest BCUT2D eigenvalue weighted by Crippen LogP contribution is 2.34. The molecular formula is C12H14O2. The molecule has 0 amide bonds. The van der Waals surface area contributed by atoms with Crippen LogP contribution in [0.5, 0.6) is 0 Å². The van der Waals surface area contributed by atoms with Gasteiger partial charge in [-0.15, -0.1) is 0 Å². The molecule has 0 heterocycles. The van der Waals surface area contributed by atoms with Crippen molar-refractivity contribution in [3.63, 3.8) is 0 Å². The van der Waals surface area contributed by atoms with E-state index < -0.39 is 6.10 Å². The van der Waals surface area contributed by atoms with E-state index in [1.165, 1.54) is 0 Å². The van der Waals surface area contributed by atoms with Gasteiger partial charge in [-0.25, -0.2) is 0 Å². The van der Waals surface area contributed by atoms with Crippen molar-refractivity contribution in [3.05, 3.63) is 35.4 Å². The Labute approximate surface area is 83.6 Å². The van der Waals surface area contributed by atoms with Crippen LogP contribution < -0.4 is 0 Å². The maximum absolute atomic E-state index is 11.6. The van der Waals surface area contributed by atoms with Crippen LogP contribution in [0.15, 0.2) is 24.3 Å². The Morgan fingerprint density at radius 1 is 1.50 bits per heavy atom. The summed E-state index contributed by atoms with van der Waals surface area (Å²) in [6.45, 7) is 1.96. The second-order valence-electron chi connectivity index (χ2n) is 3.99. The van der Waals surface area contributed by atoms with Gasteiger partial charge in [0.2, 0.25) is 0 Å². The van der Waals surface area contributed by atoms with E-state index in [9.17, 15) is 9.90 Å². The Morgan fingerprint density at radius 2 is 2.21 bits per heavy atom. The lowest BCUT2D eigenvalue weighted by Crippen LogP contribution is -2.13. The number of rotatable bonds is 3. The molecule has 2 rings (SSSR count). The number of Topliss-reactive ketones (excluding diaryl/α,β-unsaturated/α-hetero) is 1. The predicted molar refractivity (Wildman–Crippen MR) is 53.9 cm³/mol. The van der Waals surface area contributed by atoms with Gasteiger partial charge in [0.1, 0.15) is 6.10 Å². The molecule has 1 unspecified atom stereocenters. The number of hydrogen-bond acceptors (Lipinski definition) is 2. The minimum absolute atomic E-state index is 0.0180. The third-order valence-corrected chi connectivity index (χ3v) is 2.61. The van der Waals surface area contributed by atoms with Crippen LogP contribution in [0.4, 0.5) is 0 Å². The summed E-state index contributed by atoms with van der Waals surface area (Å²) in [4.78, 5) is 11.6. The molecule has 14 heavy (non-hydrogen) atoms. The fraction of sp³-hybridized carbons (Fsp3) is 0.417. The van der Waals surface area contributed by atoms with Gasteiger partial charge in [-0.05, 0) is 25.3 Å². The average molecular weight is 190 g/mol. The summed E-state index contributed by atoms with van der Waals surface area (Å²) in [5.41, 5.74) is 1.80. The largest absolute Gasteiger partial charge is 0.381 e. The molecular weight excluding hydrogens is 176 g/mol. The molecule has 1 saturated carbocycles. The lowest BCUT2D eigenvalue weighted by molar-refractivity contribution is -0.128. The molecule has 0 spiro atoms. The maximum Gasteiger partial charge on any atom is 0.168 e. The Morgan fingerprint density at radius 3 is 2.79 bits per heavy atom. The summed E-state index contributed by atoms with van der Waals surface area (Å²) in [5, 5.41) is 9.77. The molecule has 1 fully saturated rings. The smallest absolute Gasteiger partial charge is 0.168 e. The second-order valence-corrected chi connectivity index (χ2v) is 3.99. The summed E-state index contributed by atoms with van der Waals surface area (Å²) in [5.74, 6) is 0.0983. The van der Waals surface area contributed by atoms with Crippen LogP contribution in [0.25, 0.3) is 0 Å². The monoisotopic (exact) mass is 190 g/mol. The minimum Gasteiger partial charge on any atom is -0.381 e. The Hall–Kier alpha value is -1.15. The first kappa shape index (κ1) is 9.41. The highest BCUT2D eigenvalue weighted by atomic mass is 16.3. The van der Waals surface area contributed by atoms with Gasteiger partial charge in [-0.3, -0.25) is 4.79 Å². The van der Waals surface area contributed by atoms with Crippen LogP contribution in [0.2, 0.25) is 0 Å². The van der Waals surface area contributed by atoms with Crippen molar-refractivity contribution in [1.29, 1.82) is 0 Å². The summed E-state index contributed by atoms with van der Waals surface area (Å²) in [6.07, 6.45) is 0.978. The molecule has 0 aliphatic heterocycles. The minimum atomic E-state index is -0.914. The zero-order valence-electron chi connectivity index (χ0n) is 8.23. The number of aryl methyl sites for hydroxylation is 1. The van der Waals surface area contributed by atoms with E-state index in [1.54, 1.807) is 6.07 Å². The second kappa shape index (κ2) is 3.54. The van der Waals surface area contributed by atoms with Crippen LogP contribution in [0, 0.1) is 12.8 Å². The van der Waals surface area contributed by atoms with Gasteiger partial charge in [-0.1, -0.05) is 29.8 Å². The Bertz CT molecular complexity index is 353. The molecule has 74 valence electrons. The van der Waals surface area contributed by atoms with Gasteiger partial charge in [0, 0.05) is 5.92 Å². The van der Waals surface area contributed by atoms with Crippen LogP contribution in [0.3, 0.4) is 0 Å². The van der Waals surface area contributed by atoms with E-state index >= 15 is 0 Å². The zero-order valence-corrected chi connectivity index (χ0v) is 8.23. The molecule has 1 N–H and O–H groups in total. The number of carbonyl (C=O) groups excluding carboxylic acids is 1. The van der Waals surface area contributed by atoms with Crippen LogP contribution in [0.1, 0.15) is 30.1 Å². The van der Waals surface area contributed by atoms with Crippen molar-refractivity contribution in [2.24, 2.45) is 5.92 Å². The highest BCUT2D eigenvalue weighted by Gasteiger charge is 2.34. The molecule has 1 aliphatic rings. The van der Waals surface area contributed by atoms with Gasteiger partial charge in [-0.2, -0.15) is 0 Å². The van der Waals surface area contributed by atoms with E-state index in [2.05, 4.69) is 0 Å². The van der Waals surface area contributed by atoms with Crippen LogP contribution >= 0.6 is 0 Å². The number of hydrogen-bond donors (Lipinski definition) is 1. The number of aliphatic hydroxyl groups excluding tert-OH is 1. The average Bonchev–Trinajstić information content (AvgIpc) is 2.99. The topological polar surface area (TPSA) is 37.3 Å². The standard InChI is InChI=1S/C12H14O2/c1-8-3-2-4-10(7-8)12(14)11(13)9-5-6-9/h2-4,7,9,12,14H,5-6H2,1H3. The SMILES string of the molecule is Cc1cccc(C(O)C(=O)C2CC2)c1. The molecule has 0 aromatic heterocycles. The number of benzene rings is 1. The first-order valence-electron chi connectivity index (χ1n) is 4.97. The molecule has 1 aromatic carbocycles. The van der Waals surface area contributed by atoms with Crippen molar-refractivity contribution in [2.75, 3.05) is 0 Å². The van der Waals surface area contributed by atoms with Gasteiger partial charge in [0.05, 0.1) is 0 Å². The first-order chi connectivity index (χ1) is 6.68. The van der Waals surface area contributed by atoms with Crippen LogP contribution in [-0.2, 0) is 4.79 Å². The van der Waals surface area contributed by atoms with Crippen molar-refractivity contribution >= 4 is 5.78 Å². The van der Waals surface area contributed by atoms with Gasteiger partial charge >= 0.3 is 0 Å². The molecule has 2 heteroatoms. The fourth-order valence-electron chi connectivity index (χ4n) is 1.60. The summed E-state index contributed by atoms with van der Waals surface area (Å²) in [6, 6.07) is 7.49. The molecule has 0 saturated heterocycles. The third kappa shape index (κ3) is 1.85. The lowest BCUT2D eigenvalue weighted by atomic mass is 10.0. The van der Waals surface area contributed by atoms with E-state index in [-0.39, 0.29) is 11.7 Å².